The number of hydrogen-bond acceptors (Lipinski definition) is 2. The van der Waals surface area contributed by atoms with Crippen LogP contribution in [-0.4, -0.2) is 30.1 Å². The van der Waals surface area contributed by atoms with Crippen molar-refractivity contribution in [3.8, 4) is 0 Å². The van der Waals surface area contributed by atoms with Crippen LogP contribution in [0.4, 0.5) is 0 Å². The van der Waals surface area contributed by atoms with Crippen molar-refractivity contribution in [1.82, 2.24) is 10.2 Å². The number of aryl methyl sites for hydroxylation is 3. The summed E-state index contributed by atoms with van der Waals surface area (Å²) in [5, 5.41) is 3.76. The van der Waals surface area contributed by atoms with Crippen LogP contribution in [0.3, 0.4) is 0 Å². The maximum absolute atomic E-state index is 3.76. The molecule has 1 aromatic rings. The second kappa shape index (κ2) is 5.26. The molecule has 2 fully saturated rings. The number of hydrogen-bond donors (Lipinski definition) is 1. The molecule has 1 aliphatic heterocycles. The highest BCUT2D eigenvalue weighted by Crippen LogP contribution is 2.29. The van der Waals surface area contributed by atoms with Gasteiger partial charge in [0.15, 0.2) is 0 Å². The van der Waals surface area contributed by atoms with Gasteiger partial charge in [0.25, 0.3) is 0 Å². The highest BCUT2D eigenvalue weighted by Gasteiger charge is 2.34. The molecule has 1 heterocycles. The minimum atomic E-state index is 0.696. The van der Waals surface area contributed by atoms with Gasteiger partial charge in [-0.15, -0.1) is 0 Å². The van der Waals surface area contributed by atoms with Crippen LogP contribution < -0.4 is 5.32 Å². The van der Waals surface area contributed by atoms with E-state index in [9.17, 15) is 0 Å². The van der Waals surface area contributed by atoms with Crippen molar-refractivity contribution in [2.24, 2.45) is 0 Å². The third-order valence-corrected chi connectivity index (χ3v) is 4.82. The summed E-state index contributed by atoms with van der Waals surface area (Å²) in [4.78, 5) is 2.67. The summed E-state index contributed by atoms with van der Waals surface area (Å²) in [7, 11) is 0. The molecule has 2 nitrogen and oxygen atoms in total. The Kier molecular flexibility index (Phi) is 3.64. The fraction of sp³-hybridized carbons (Fsp3) is 0.647. The average molecular weight is 258 g/mol. The lowest BCUT2D eigenvalue weighted by atomic mass is 10.0. The molecule has 1 unspecified atom stereocenters. The third-order valence-electron chi connectivity index (χ3n) is 4.82. The van der Waals surface area contributed by atoms with Gasteiger partial charge >= 0.3 is 0 Å². The monoisotopic (exact) mass is 258 g/mol. The van der Waals surface area contributed by atoms with Gasteiger partial charge in [-0.2, -0.15) is 0 Å². The molecular formula is C17H26N2. The molecule has 19 heavy (non-hydrogen) atoms. The molecular weight excluding hydrogens is 232 g/mol. The summed E-state index contributed by atoms with van der Waals surface area (Å²) in [6.45, 7) is 10.2. The Balaban J connectivity index is 1.56. The normalized spacial score (nSPS) is 24.1. The van der Waals surface area contributed by atoms with Crippen molar-refractivity contribution >= 4 is 0 Å². The van der Waals surface area contributed by atoms with Gasteiger partial charge in [0, 0.05) is 31.7 Å². The average Bonchev–Trinajstić information content (AvgIpc) is 3.12. The topological polar surface area (TPSA) is 15.3 Å². The highest BCUT2D eigenvalue weighted by molar-refractivity contribution is 5.36. The van der Waals surface area contributed by atoms with Crippen molar-refractivity contribution in [3.05, 3.63) is 34.4 Å². The van der Waals surface area contributed by atoms with E-state index < -0.39 is 0 Å². The van der Waals surface area contributed by atoms with Crippen molar-refractivity contribution < 1.29 is 0 Å². The van der Waals surface area contributed by atoms with Gasteiger partial charge in [-0.25, -0.2) is 0 Å². The van der Waals surface area contributed by atoms with E-state index in [1.54, 1.807) is 0 Å². The fourth-order valence-electron chi connectivity index (χ4n) is 3.19. The number of nitrogens with zero attached hydrogens (tertiary/aromatic N) is 1. The molecule has 1 aromatic carbocycles. The lowest BCUT2D eigenvalue weighted by Gasteiger charge is -2.17. The first-order valence-electron chi connectivity index (χ1n) is 7.67. The molecule has 3 rings (SSSR count). The van der Waals surface area contributed by atoms with Crippen LogP contribution in [0.15, 0.2) is 12.1 Å². The summed E-state index contributed by atoms with van der Waals surface area (Å²) >= 11 is 0. The molecule has 0 bridgehead atoms. The van der Waals surface area contributed by atoms with Gasteiger partial charge in [0.1, 0.15) is 0 Å². The van der Waals surface area contributed by atoms with Gasteiger partial charge in [-0.3, -0.25) is 4.90 Å². The Morgan fingerprint density at radius 1 is 1.05 bits per heavy atom. The number of benzene rings is 1. The fourth-order valence-corrected chi connectivity index (χ4v) is 3.19. The van der Waals surface area contributed by atoms with Crippen LogP contribution in [0.1, 0.15) is 41.5 Å². The van der Waals surface area contributed by atoms with Gasteiger partial charge in [-0.1, -0.05) is 12.1 Å². The summed E-state index contributed by atoms with van der Waals surface area (Å²) < 4.78 is 0. The van der Waals surface area contributed by atoms with Crippen LogP contribution in [-0.2, 0) is 6.54 Å². The van der Waals surface area contributed by atoms with Crippen LogP contribution in [0.25, 0.3) is 0 Å². The number of rotatable bonds is 4. The van der Waals surface area contributed by atoms with Gasteiger partial charge in [0.2, 0.25) is 0 Å². The van der Waals surface area contributed by atoms with Gasteiger partial charge in [-0.05, 0) is 62.3 Å². The zero-order chi connectivity index (χ0) is 13.4. The standard InChI is InChI=1S/C17H26N2/c1-12-8-14(3)15(9-13(12)2)10-18-16-6-7-19(11-16)17-4-5-17/h8-9,16-18H,4-7,10-11H2,1-3H3. The predicted molar refractivity (Wildman–Crippen MR) is 80.5 cm³/mol. The lowest BCUT2D eigenvalue weighted by Crippen LogP contribution is -2.33. The number of likely N-dealkylation sites (tertiary alicyclic amines) is 1. The molecule has 1 atom stereocenters. The molecule has 2 heteroatoms. The van der Waals surface area contributed by atoms with Crippen LogP contribution >= 0.6 is 0 Å². The zero-order valence-corrected chi connectivity index (χ0v) is 12.5. The Labute approximate surface area is 117 Å². The third kappa shape index (κ3) is 3.01. The van der Waals surface area contributed by atoms with E-state index in [1.165, 1.54) is 54.6 Å². The van der Waals surface area contributed by atoms with E-state index in [2.05, 4.69) is 43.1 Å². The predicted octanol–water partition coefficient (Wildman–Crippen LogP) is 2.94. The SMILES string of the molecule is Cc1cc(C)c(CNC2CCN(C3CC3)C2)cc1C. The summed E-state index contributed by atoms with van der Waals surface area (Å²) in [5.74, 6) is 0. The first kappa shape index (κ1) is 13.1. The van der Waals surface area contributed by atoms with E-state index in [1.807, 2.05) is 0 Å². The maximum atomic E-state index is 3.76. The Morgan fingerprint density at radius 3 is 2.53 bits per heavy atom. The van der Waals surface area contributed by atoms with E-state index in [-0.39, 0.29) is 0 Å². The van der Waals surface area contributed by atoms with Crippen molar-refractivity contribution in [2.75, 3.05) is 13.1 Å². The quantitative estimate of drug-likeness (QED) is 0.893. The molecule has 2 aliphatic rings. The lowest BCUT2D eigenvalue weighted by molar-refractivity contribution is 0.317. The molecule has 104 valence electrons. The number of nitrogens with one attached hydrogen (secondary N) is 1. The zero-order valence-electron chi connectivity index (χ0n) is 12.5. The summed E-state index contributed by atoms with van der Waals surface area (Å²) in [6.07, 6.45) is 4.19. The molecule has 1 N–H and O–H groups in total. The largest absolute Gasteiger partial charge is 0.309 e. The van der Waals surface area contributed by atoms with E-state index in [0.717, 1.165) is 12.6 Å². The molecule has 1 aliphatic carbocycles. The second-order valence-electron chi connectivity index (χ2n) is 6.46. The van der Waals surface area contributed by atoms with Crippen LogP contribution in [0.5, 0.6) is 0 Å². The van der Waals surface area contributed by atoms with Crippen molar-refractivity contribution in [3.63, 3.8) is 0 Å². The summed E-state index contributed by atoms with van der Waals surface area (Å²) in [5.41, 5.74) is 5.70. The Hall–Kier alpha value is -0.860. The van der Waals surface area contributed by atoms with Crippen LogP contribution in [0, 0.1) is 20.8 Å². The summed E-state index contributed by atoms with van der Waals surface area (Å²) in [6, 6.07) is 6.29. The minimum absolute atomic E-state index is 0.696. The first-order valence-corrected chi connectivity index (χ1v) is 7.67. The molecule has 1 saturated carbocycles. The molecule has 1 saturated heterocycles. The van der Waals surface area contributed by atoms with E-state index >= 15 is 0 Å². The van der Waals surface area contributed by atoms with Gasteiger partial charge in [0.05, 0.1) is 0 Å². The van der Waals surface area contributed by atoms with E-state index in [4.69, 9.17) is 0 Å². The second-order valence-corrected chi connectivity index (χ2v) is 6.46. The Bertz CT molecular complexity index is 463. The molecule has 0 aromatic heterocycles. The van der Waals surface area contributed by atoms with Crippen molar-refractivity contribution in [2.45, 2.75) is 58.7 Å². The Morgan fingerprint density at radius 2 is 1.79 bits per heavy atom. The van der Waals surface area contributed by atoms with Crippen molar-refractivity contribution in [1.29, 1.82) is 0 Å². The first-order chi connectivity index (χ1) is 9.13. The highest BCUT2D eigenvalue weighted by atomic mass is 15.2. The minimum Gasteiger partial charge on any atom is -0.309 e. The smallest absolute Gasteiger partial charge is 0.0211 e. The van der Waals surface area contributed by atoms with Gasteiger partial charge < -0.3 is 5.32 Å². The van der Waals surface area contributed by atoms with E-state index in [0.29, 0.717) is 6.04 Å². The molecule has 0 amide bonds. The molecule has 0 radical (unpaired) electrons. The maximum Gasteiger partial charge on any atom is 0.0211 e. The molecule has 0 spiro atoms. The van der Waals surface area contributed by atoms with Crippen LogP contribution in [0.2, 0.25) is 0 Å².